The molecule has 4 aromatic carbocycles. The van der Waals surface area contributed by atoms with Gasteiger partial charge in [-0.3, -0.25) is 13.7 Å². The van der Waals surface area contributed by atoms with Crippen molar-refractivity contribution in [1.82, 2.24) is 0 Å². The molecule has 0 aliphatic carbocycles. The fraction of sp³-hybridized carbons (Fsp3) is 0. The number of nitrogens with zero attached hydrogens (tertiary/aromatic N) is 4. The third kappa shape index (κ3) is 9.67. The van der Waals surface area contributed by atoms with Crippen LogP contribution >= 0.6 is 23.2 Å². The second kappa shape index (κ2) is 16.1. The molecule has 0 spiro atoms. The van der Waals surface area contributed by atoms with Gasteiger partial charge in [-0.05, 0) is 41.8 Å². The van der Waals surface area contributed by atoms with Gasteiger partial charge in [0.1, 0.15) is 31.7 Å². The van der Waals surface area contributed by atoms with Gasteiger partial charge in [0.25, 0.3) is 30.4 Å². The molecule has 0 unspecified atom stereocenters. The number of hydrogen-bond acceptors (Lipinski definition) is 12. The van der Waals surface area contributed by atoms with Gasteiger partial charge in [0, 0.05) is 88.7 Å². The van der Waals surface area contributed by atoms with Crippen molar-refractivity contribution in [3.8, 4) is 5.75 Å². The summed E-state index contributed by atoms with van der Waals surface area (Å²) in [6.45, 7) is 0. The van der Waals surface area contributed by atoms with Crippen molar-refractivity contribution in [1.29, 1.82) is 0 Å². The molecule has 15 nitrogen and oxygen atoms in total. The maximum atomic E-state index is 12.2. The van der Waals surface area contributed by atoms with Crippen molar-refractivity contribution in [3.63, 3.8) is 0 Å². The molecule has 0 heterocycles. The topological polar surface area (TPSA) is 259 Å². The van der Waals surface area contributed by atoms with Crippen molar-refractivity contribution in [2.24, 2.45) is 20.5 Å². The summed E-state index contributed by atoms with van der Waals surface area (Å²) < 4.78 is 100. The van der Waals surface area contributed by atoms with Gasteiger partial charge in [0.05, 0.1) is 26.8 Å². The number of aromatic hydroxyl groups is 1. The summed E-state index contributed by atoms with van der Waals surface area (Å²) in [4.78, 5) is -2.73. The second-order valence-electron chi connectivity index (χ2n) is 8.20. The zero-order valence-corrected chi connectivity index (χ0v) is 33.2. The third-order valence-corrected chi connectivity index (χ3v) is 8.78. The van der Waals surface area contributed by atoms with E-state index in [1.165, 1.54) is 12.1 Å². The van der Waals surface area contributed by atoms with Gasteiger partial charge >= 0.3 is 0 Å². The molecule has 0 saturated carbocycles. The first-order valence-corrected chi connectivity index (χ1v) is 15.9. The minimum absolute atomic E-state index is 0. The smallest absolute Gasteiger partial charge is 0.296 e. The van der Waals surface area contributed by atoms with Crippen LogP contribution in [0.15, 0.2) is 89.7 Å². The van der Waals surface area contributed by atoms with Crippen LogP contribution in [0.2, 0.25) is 10.0 Å². The average Bonchev–Trinajstić information content (AvgIpc) is 2.87. The number of benzene rings is 4. The molecule has 0 fully saturated rings. The quantitative estimate of drug-likeness (QED) is 0.0738. The fourth-order valence-corrected chi connectivity index (χ4v) is 6.22. The number of anilines is 1. The molecule has 0 aromatic heterocycles. The zero-order valence-electron chi connectivity index (χ0n) is 23.3. The molecule has 6 N–H and O–H groups in total. The first-order valence-electron chi connectivity index (χ1n) is 10.8. The van der Waals surface area contributed by atoms with E-state index in [4.69, 9.17) is 28.9 Å². The summed E-state index contributed by atoms with van der Waals surface area (Å²) in [5.74, 6) is -0.964. The second-order valence-corrected chi connectivity index (χ2v) is 13.2. The van der Waals surface area contributed by atoms with E-state index in [0.717, 1.165) is 18.2 Å². The summed E-state index contributed by atoms with van der Waals surface area (Å²) in [5.41, 5.74) is 3.83. The Labute approximate surface area is 332 Å². The number of halogens is 2. The minimum Gasteiger partial charge on any atom is -0.505 e. The molecule has 0 aliphatic heterocycles. The number of hydrogen-bond donors (Lipinski definition) is 5. The number of fused-ring (bicyclic) bond motifs is 1. The van der Waals surface area contributed by atoms with Crippen molar-refractivity contribution in [2.75, 3.05) is 5.73 Å². The number of phenols is 1. The number of azo groups is 2. The molecule has 4 rings (SSSR count). The van der Waals surface area contributed by atoms with E-state index in [1.54, 1.807) is 18.2 Å². The van der Waals surface area contributed by atoms with Gasteiger partial charge < -0.3 is 10.8 Å². The monoisotopic (exact) mass is 744 g/mol. The Morgan fingerprint density at radius 2 is 1.11 bits per heavy atom. The molecule has 23 heteroatoms. The van der Waals surface area contributed by atoms with Crippen LogP contribution in [0.25, 0.3) is 10.8 Å². The van der Waals surface area contributed by atoms with Crippen LogP contribution in [-0.2, 0) is 30.4 Å². The fourth-order valence-electron chi connectivity index (χ4n) is 3.60. The Kier molecular flexibility index (Phi) is 15.1. The van der Waals surface area contributed by atoms with E-state index in [-0.39, 0.29) is 105 Å². The van der Waals surface area contributed by atoms with Gasteiger partial charge in [0.2, 0.25) is 0 Å². The predicted molar refractivity (Wildman–Crippen MR) is 168 cm³/mol. The molecule has 0 amide bonds. The summed E-state index contributed by atoms with van der Waals surface area (Å²) in [5, 5.41) is 24.2. The molecule has 3 radical (unpaired) electrons. The van der Waals surface area contributed by atoms with Crippen LogP contribution in [0.1, 0.15) is 0 Å². The first-order chi connectivity index (χ1) is 19.4. The van der Waals surface area contributed by atoms with Crippen LogP contribution in [0.5, 0.6) is 5.75 Å². The Morgan fingerprint density at radius 1 is 0.622 bits per heavy atom. The molecule has 45 heavy (non-hydrogen) atoms. The molecule has 4 aromatic rings. The number of phenolic OH excluding ortho intramolecular Hbond substituents is 1. The van der Waals surface area contributed by atoms with Crippen LogP contribution < -0.4 is 5.73 Å². The van der Waals surface area contributed by atoms with Crippen LogP contribution in [-0.4, -0.2) is 133 Å². The zero-order chi connectivity index (χ0) is 31.2. The number of nitrogens with two attached hydrogens (primary N) is 1. The van der Waals surface area contributed by atoms with Gasteiger partial charge in [-0.1, -0.05) is 41.4 Å². The summed E-state index contributed by atoms with van der Waals surface area (Å²) >= 11 is 11.9. The van der Waals surface area contributed by atoms with Crippen LogP contribution in [0.4, 0.5) is 28.4 Å². The molecule has 223 valence electrons. The third-order valence-electron chi connectivity index (χ3n) is 5.43. The van der Waals surface area contributed by atoms with Gasteiger partial charge in [-0.25, -0.2) is 0 Å². The van der Waals surface area contributed by atoms with E-state index >= 15 is 0 Å². The first kappa shape index (κ1) is 42.3. The summed E-state index contributed by atoms with van der Waals surface area (Å²) in [6, 6.07) is 10.9. The largest absolute Gasteiger partial charge is 0.505 e. The summed E-state index contributed by atoms with van der Waals surface area (Å²) in [6.07, 6.45) is 0. The van der Waals surface area contributed by atoms with E-state index in [2.05, 4.69) is 20.5 Å². The average molecular weight is 745 g/mol. The molecular weight excluding hydrogens is 730 g/mol. The SMILES string of the molecule is Nc1c(N=Nc2cc(Cl)c(S(=O)(=O)O)cc2Cl)c(S(=O)(=O)O)cc2cc(S(=O)(=O)O)c(N=Nc3ccccc3)c(O)c12.[Na].[Na].[Na]. The molecule has 0 saturated heterocycles. The van der Waals surface area contributed by atoms with Gasteiger partial charge in [-0.2, -0.15) is 30.4 Å². The van der Waals surface area contributed by atoms with Crippen molar-refractivity contribution < 1.29 is 44.0 Å². The molecule has 0 atom stereocenters. The standard InChI is InChI=1S/C22H15Cl2N5O10S3.3Na/c23-12-9-15(40(31,32)33)13(24)8-14(12)27-28-20-16(41(34,35)36)6-10-7-17(42(37,38)39)21(22(30)18(10)19(20)25)29-26-11-4-2-1-3-5-11;;;/h1-9,30H,25H2,(H,31,32,33)(H,34,35,36)(H,37,38,39);;;. The van der Waals surface area contributed by atoms with Crippen molar-refractivity contribution in [3.05, 3.63) is 64.6 Å². The maximum absolute atomic E-state index is 12.2. The van der Waals surface area contributed by atoms with Crippen LogP contribution in [0, 0.1) is 0 Å². The Morgan fingerprint density at radius 3 is 1.62 bits per heavy atom. The summed E-state index contributed by atoms with van der Waals surface area (Å²) in [7, 11) is -15.0. The Bertz CT molecular complexity index is 2170. The molecule has 0 bridgehead atoms. The molecule has 0 aliphatic rings. The van der Waals surface area contributed by atoms with Gasteiger partial charge in [0.15, 0.2) is 5.75 Å². The van der Waals surface area contributed by atoms with Crippen LogP contribution in [0.3, 0.4) is 0 Å². The molecular formula is C22H15Cl2N5Na3O10S3. The van der Waals surface area contributed by atoms with E-state index < -0.39 is 83.3 Å². The maximum Gasteiger partial charge on any atom is 0.296 e. The van der Waals surface area contributed by atoms with Crippen molar-refractivity contribution in [2.45, 2.75) is 14.7 Å². The van der Waals surface area contributed by atoms with E-state index in [1.807, 2.05) is 0 Å². The Hall–Kier alpha value is -0.750. The number of nitrogen functional groups attached to an aromatic ring is 1. The van der Waals surface area contributed by atoms with E-state index in [9.17, 15) is 44.0 Å². The Balaban J connectivity index is 0.00000337. The van der Waals surface area contributed by atoms with Crippen molar-refractivity contribution >= 4 is 181 Å². The normalized spacial score (nSPS) is 12.1. The van der Waals surface area contributed by atoms with Gasteiger partial charge in [-0.15, -0.1) is 15.3 Å². The van der Waals surface area contributed by atoms with E-state index in [0.29, 0.717) is 6.07 Å². The number of rotatable bonds is 7. The predicted octanol–water partition coefficient (Wildman–Crippen LogP) is 4.86. The minimum atomic E-state index is -5.15.